The van der Waals surface area contributed by atoms with Crippen LogP contribution in [0.4, 0.5) is 0 Å². The van der Waals surface area contributed by atoms with Gasteiger partial charge in [-0.2, -0.15) is 0 Å². The molecular weight excluding hydrogens is 240 g/mol. The first kappa shape index (κ1) is 14.3. The van der Waals surface area contributed by atoms with E-state index >= 15 is 0 Å². The highest BCUT2D eigenvalue weighted by molar-refractivity contribution is 5.69. The molecule has 0 heteroatoms. The van der Waals surface area contributed by atoms with Gasteiger partial charge in [-0.1, -0.05) is 61.7 Å². The van der Waals surface area contributed by atoms with Crippen LogP contribution in [0.5, 0.6) is 0 Å². The van der Waals surface area contributed by atoms with Crippen LogP contribution in [0.1, 0.15) is 35.1 Å². The standard InChI is InChI=1S/C20H22/c1-15-12-13-20(14-18(15)4)17(3)11-10-16(2)19-8-6-5-7-9-19/h5-9,12-14H,2-3,10-11H2,1,4H3. The first-order chi connectivity index (χ1) is 9.58. The van der Waals surface area contributed by atoms with Gasteiger partial charge in [-0.25, -0.2) is 0 Å². The van der Waals surface area contributed by atoms with E-state index in [9.17, 15) is 0 Å². The number of hydrogen-bond acceptors (Lipinski definition) is 0. The fourth-order valence-electron chi connectivity index (χ4n) is 2.23. The smallest absolute Gasteiger partial charge is 0.0227 e. The lowest BCUT2D eigenvalue weighted by Gasteiger charge is -2.10. The molecular formula is C20H22. The average molecular weight is 262 g/mol. The van der Waals surface area contributed by atoms with Gasteiger partial charge < -0.3 is 0 Å². The summed E-state index contributed by atoms with van der Waals surface area (Å²) in [6, 6.07) is 16.9. The molecule has 0 N–H and O–H groups in total. The average Bonchev–Trinajstić information content (AvgIpc) is 2.48. The summed E-state index contributed by atoms with van der Waals surface area (Å²) in [5.41, 5.74) is 7.48. The normalized spacial score (nSPS) is 10.3. The van der Waals surface area contributed by atoms with Gasteiger partial charge in [0.1, 0.15) is 0 Å². The third kappa shape index (κ3) is 3.48. The van der Waals surface area contributed by atoms with Crippen LogP contribution in [0, 0.1) is 13.8 Å². The zero-order valence-electron chi connectivity index (χ0n) is 12.4. The van der Waals surface area contributed by atoms with Crippen molar-refractivity contribution in [1.29, 1.82) is 0 Å². The molecule has 0 aromatic heterocycles. The summed E-state index contributed by atoms with van der Waals surface area (Å²) >= 11 is 0. The first-order valence-corrected chi connectivity index (χ1v) is 7.06. The molecule has 0 saturated carbocycles. The van der Waals surface area contributed by atoms with Gasteiger partial charge in [0.25, 0.3) is 0 Å². The second-order valence-corrected chi connectivity index (χ2v) is 5.37. The molecule has 0 aliphatic rings. The quantitative estimate of drug-likeness (QED) is 0.637. The molecule has 0 unspecified atom stereocenters. The maximum Gasteiger partial charge on any atom is -0.0227 e. The molecule has 0 amide bonds. The summed E-state index contributed by atoms with van der Waals surface area (Å²) in [7, 11) is 0. The Hall–Kier alpha value is -2.08. The van der Waals surface area contributed by atoms with Crippen molar-refractivity contribution in [2.75, 3.05) is 0 Å². The predicted molar refractivity (Wildman–Crippen MR) is 89.7 cm³/mol. The highest BCUT2D eigenvalue weighted by Crippen LogP contribution is 2.25. The monoisotopic (exact) mass is 262 g/mol. The third-order valence-electron chi connectivity index (χ3n) is 3.83. The topological polar surface area (TPSA) is 0 Å². The largest absolute Gasteiger partial charge is 0.0952 e. The van der Waals surface area contributed by atoms with Crippen molar-refractivity contribution in [3.05, 3.63) is 83.9 Å². The molecule has 20 heavy (non-hydrogen) atoms. The van der Waals surface area contributed by atoms with Crippen LogP contribution in [0.2, 0.25) is 0 Å². The second kappa shape index (κ2) is 6.38. The van der Waals surface area contributed by atoms with Crippen molar-refractivity contribution in [3.8, 4) is 0 Å². The van der Waals surface area contributed by atoms with E-state index in [4.69, 9.17) is 0 Å². The van der Waals surface area contributed by atoms with Crippen molar-refractivity contribution in [2.45, 2.75) is 26.7 Å². The van der Waals surface area contributed by atoms with Crippen molar-refractivity contribution in [3.63, 3.8) is 0 Å². The van der Waals surface area contributed by atoms with Gasteiger partial charge in [-0.05, 0) is 60.1 Å². The van der Waals surface area contributed by atoms with Gasteiger partial charge in [0.2, 0.25) is 0 Å². The van der Waals surface area contributed by atoms with Crippen LogP contribution in [0.15, 0.2) is 61.7 Å². The molecule has 0 aliphatic carbocycles. The molecule has 0 radical (unpaired) electrons. The summed E-state index contributed by atoms with van der Waals surface area (Å²) < 4.78 is 0. The first-order valence-electron chi connectivity index (χ1n) is 7.06. The van der Waals surface area contributed by atoms with Gasteiger partial charge in [0.05, 0.1) is 0 Å². The molecule has 2 rings (SSSR count). The number of aryl methyl sites for hydroxylation is 2. The zero-order valence-corrected chi connectivity index (χ0v) is 12.4. The SMILES string of the molecule is C=C(CCC(=C)c1ccc(C)c(C)c1)c1ccccc1. The number of hydrogen-bond donors (Lipinski definition) is 0. The van der Waals surface area contributed by atoms with Gasteiger partial charge in [-0.15, -0.1) is 0 Å². The Morgan fingerprint density at radius 3 is 1.95 bits per heavy atom. The van der Waals surface area contributed by atoms with E-state index in [1.807, 2.05) is 6.07 Å². The maximum atomic E-state index is 4.22. The van der Waals surface area contributed by atoms with E-state index < -0.39 is 0 Å². The van der Waals surface area contributed by atoms with E-state index in [0.29, 0.717) is 0 Å². The molecule has 0 bridgehead atoms. The molecule has 0 atom stereocenters. The van der Waals surface area contributed by atoms with E-state index in [-0.39, 0.29) is 0 Å². The molecule has 2 aromatic carbocycles. The van der Waals surface area contributed by atoms with Gasteiger partial charge in [0.15, 0.2) is 0 Å². The van der Waals surface area contributed by atoms with Crippen molar-refractivity contribution >= 4 is 11.1 Å². The van der Waals surface area contributed by atoms with Gasteiger partial charge in [-0.3, -0.25) is 0 Å². The lowest BCUT2D eigenvalue weighted by atomic mass is 9.95. The maximum absolute atomic E-state index is 4.22. The van der Waals surface area contributed by atoms with Crippen LogP contribution >= 0.6 is 0 Å². The molecule has 0 aliphatic heterocycles. The minimum Gasteiger partial charge on any atom is -0.0952 e. The highest BCUT2D eigenvalue weighted by Gasteiger charge is 2.04. The van der Waals surface area contributed by atoms with Crippen molar-refractivity contribution in [2.24, 2.45) is 0 Å². The number of allylic oxidation sites excluding steroid dienone is 2. The molecule has 2 aromatic rings. The molecule has 0 fully saturated rings. The third-order valence-corrected chi connectivity index (χ3v) is 3.83. The number of benzene rings is 2. The van der Waals surface area contributed by atoms with E-state index in [1.54, 1.807) is 0 Å². The van der Waals surface area contributed by atoms with Crippen LogP contribution in [0.3, 0.4) is 0 Å². The minimum absolute atomic E-state index is 0.954. The van der Waals surface area contributed by atoms with Crippen molar-refractivity contribution in [1.82, 2.24) is 0 Å². The van der Waals surface area contributed by atoms with Crippen LogP contribution in [-0.4, -0.2) is 0 Å². The molecule has 0 saturated heterocycles. The lowest BCUT2D eigenvalue weighted by molar-refractivity contribution is 1.09. The summed E-state index contributed by atoms with van der Waals surface area (Å²) in [6.07, 6.45) is 1.91. The van der Waals surface area contributed by atoms with E-state index in [2.05, 4.69) is 69.5 Å². The Kier molecular flexibility index (Phi) is 4.57. The van der Waals surface area contributed by atoms with E-state index in [1.165, 1.54) is 33.4 Å². The molecule has 102 valence electrons. The molecule has 0 nitrogen and oxygen atoms in total. The summed E-state index contributed by atoms with van der Waals surface area (Å²) in [4.78, 5) is 0. The van der Waals surface area contributed by atoms with Crippen LogP contribution in [-0.2, 0) is 0 Å². The molecule has 0 heterocycles. The Labute approximate surface area is 122 Å². The minimum atomic E-state index is 0.954. The Balaban J connectivity index is 1.98. The predicted octanol–water partition coefficient (Wildman–Crippen LogP) is 5.81. The number of rotatable bonds is 5. The summed E-state index contributed by atoms with van der Waals surface area (Å²) in [6.45, 7) is 12.7. The van der Waals surface area contributed by atoms with Crippen molar-refractivity contribution < 1.29 is 0 Å². The van der Waals surface area contributed by atoms with E-state index in [0.717, 1.165) is 12.8 Å². The fourth-order valence-corrected chi connectivity index (χ4v) is 2.23. The fraction of sp³-hybridized carbons (Fsp3) is 0.200. The Morgan fingerprint density at radius 1 is 0.750 bits per heavy atom. The highest BCUT2D eigenvalue weighted by atomic mass is 14.1. The second-order valence-electron chi connectivity index (χ2n) is 5.37. The zero-order chi connectivity index (χ0) is 14.5. The summed E-state index contributed by atoms with van der Waals surface area (Å²) in [5, 5.41) is 0. The van der Waals surface area contributed by atoms with Crippen LogP contribution in [0.25, 0.3) is 11.1 Å². The van der Waals surface area contributed by atoms with Crippen LogP contribution < -0.4 is 0 Å². The summed E-state index contributed by atoms with van der Waals surface area (Å²) in [5.74, 6) is 0. The van der Waals surface area contributed by atoms with Gasteiger partial charge in [0, 0.05) is 0 Å². The Morgan fingerprint density at radius 2 is 1.35 bits per heavy atom. The lowest BCUT2D eigenvalue weighted by Crippen LogP contribution is -1.89. The van der Waals surface area contributed by atoms with Gasteiger partial charge >= 0.3 is 0 Å². The Bertz CT molecular complexity index is 618. The molecule has 0 spiro atoms.